The van der Waals surface area contributed by atoms with Crippen molar-refractivity contribution in [3.63, 3.8) is 0 Å². The summed E-state index contributed by atoms with van der Waals surface area (Å²) in [6.07, 6.45) is 5.70. The summed E-state index contributed by atoms with van der Waals surface area (Å²) in [6, 6.07) is 7.65. The highest BCUT2D eigenvalue weighted by Crippen LogP contribution is 2.19. The lowest BCUT2D eigenvalue weighted by molar-refractivity contribution is 0.0793. The largest absolute Gasteiger partial charge is 0.342 e. The molecule has 0 atom stereocenters. The molecule has 0 bridgehead atoms. The zero-order valence-electron chi connectivity index (χ0n) is 11.4. The minimum absolute atomic E-state index is 0.0683. The van der Waals surface area contributed by atoms with Crippen molar-refractivity contribution in [3.8, 4) is 11.1 Å². The Balaban J connectivity index is 2.17. The molecule has 0 aliphatic heterocycles. The van der Waals surface area contributed by atoms with Crippen molar-refractivity contribution in [2.45, 2.75) is 19.8 Å². The molecule has 0 aliphatic rings. The molecule has 0 unspecified atom stereocenters. The van der Waals surface area contributed by atoms with Gasteiger partial charge in [0.25, 0.3) is 5.91 Å². The number of aromatic amines is 1. The molecule has 0 aliphatic carbocycles. The van der Waals surface area contributed by atoms with Crippen molar-refractivity contribution in [1.29, 1.82) is 0 Å². The Kier molecular flexibility index (Phi) is 4.34. The van der Waals surface area contributed by atoms with E-state index in [-0.39, 0.29) is 5.91 Å². The molecule has 1 heterocycles. The molecular formula is C15H19N3O. The lowest BCUT2D eigenvalue weighted by Crippen LogP contribution is -2.27. The molecule has 1 aromatic carbocycles. The molecule has 1 N–H and O–H groups in total. The summed E-state index contributed by atoms with van der Waals surface area (Å²) in [6.45, 7) is 2.92. The summed E-state index contributed by atoms with van der Waals surface area (Å²) in [4.78, 5) is 14.1. The van der Waals surface area contributed by atoms with Crippen LogP contribution in [0, 0.1) is 0 Å². The number of unbranched alkanes of at least 4 members (excludes halogenated alkanes) is 1. The van der Waals surface area contributed by atoms with E-state index in [1.165, 1.54) is 0 Å². The number of H-pyrrole nitrogens is 1. The van der Waals surface area contributed by atoms with Crippen molar-refractivity contribution >= 4 is 5.91 Å². The van der Waals surface area contributed by atoms with Crippen LogP contribution < -0.4 is 0 Å². The minimum Gasteiger partial charge on any atom is -0.342 e. The Labute approximate surface area is 113 Å². The van der Waals surface area contributed by atoms with E-state index >= 15 is 0 Å². The summed E-state index contributed by atoms with van der Waals surface area (Å²) in [7, 11) is 1.85. The summed E-state index contributed by atoms with van der Waals surface area (Å²) >= 11 is 0. The predicted octanol–water partition coefficient (Wildman–Crippen LogP) is 2.95. The zero-order valence-corrected chi connectivity index (χ0v) is 11.4. The first kappa shape index (κ1) is 13.3. The second kappa shape index (κ2) is 6.18. The minimum atomic E-state index is 0.0683. The zero-order chi connectivity index (χ0) is 13.7. The van der Waals surface area contributed by atoms with Gasteiger partial charge in [-0.05, 0) is 24.1 Å². The maximum Gasteiger partial charge on any atom is 0.253 e. The van der Waals surface area contributed by atoms with Crippen LogP contribution in [-0.4, -0.2) is 34.6 Å². The number of nitrogens with one attached hydrogen (secondary N) is 1. The molecule has 0 saturated heterocycles. The highest BCUT2D eigenvalue weighted by molar-refractivity contribution is 5.95. The lowest BCUT2D eigenvalue weighted by Gasteiger charge is -2.17. The number of hydrogen-bond acceptors (Lipinski definition) is 2. The Morgan fingerprint density at radius 1 is 1.37 bits per heavy atom. The van der Waals surface area contributed by atoms with Crippen LogP contribution in [0.25, 0.3) is 11.1 Å². The smallest absolute Gasteiger partial charge is 0.253 e. The van der Waals surface area contributed by atoms with Crippen LogP contribution in [0.15, 0.2) is 36.7 Å². The van der Waals surface area contributed by atoms with E-state index in [1.54, 1.807) is 11.1 Å². The fraction of sp³-hybridized carbons (Fsp3) is 0.333. The Morgan fingerprint density at radius 3 is 2.89 bits per heavy atom. The van der Waals surface area contributed by atoms with Gasteiger partial charge in [-0.2, -0.15) is 5.10 Å². The van der Waals surface area contributed by atoms with Gasteiger partial charge in [0.15, 0.2) is 0 Å². The predicted molar refractivity (Wildman–Crippen MR) is 75.9 cm³/mol. The van der Waals surface area contributed by atoms with Gasteiger partial charge in [-0.15, -0.1) is 0 Å². The fourth-order valence-electron chi connectivity index (χ4n) is 1.96. The van der Waals surface area contributed by atoms with Crippen LogP contribution in [-0.2, 0) is 0 Å². The molecule has 4 nitrogen and oxygen atoms in total. The van der Waals surface area contributed by atoms with Crippen LogP contribution in [0.4, 0.5) is 0 Å². The number of nitrogens with zero attached hydrogens (tertiary/aromatic N) is 2. The number of hydrogen-bond donors (Lipinski definition) is 1. The standard InChI is InChI=1S/C15H19N3O/c1-3-4-8-18(2)15(19)13-7-5-6-12(9-13)14-10-16-17-11-14/h5-7,9-11H,3-4,8H2,1-2H3,(H,16,17). The molecular weight excluding hydrogens is 238 g/mol. The Hall–Kier alpha value is -2.10. The van der Waals surface area contributed by atoms with Crippen molar-refractivity contribution in [3.05, 3.63) is 42.2 Å². The number of benzene rings is 1. The highest BCUT2D eigenvalue weighted by atomic mass is 16.2. The molecule has 2 rings (SSSR count). The SMILES string of the molecule is CCCCN(C)C(=O)c1cccc(-c2cn[nH]c2)c1. The highest BCUT2D eigenvalue weighted by Gasteiger charge is 2.12. The monoisotopic (exact) mass is 257 g/mol. The maximum atomic E-state index is 12.3. The average Bonchev–Trinajstić information content (AvgIpc) is 2.98. The van der Waals surface area contributed by atoms with Crippen LogP contribution in [0.3, 0.4) is 0 Å². The molecule has 0 spiro atoms. The van der Waals surface area contributed by atoms with E-state index in [0.717, 1.165) is 36.1 Å². The van der Waals surface area contributed by atoms with Gasteiger partial charge in [-0.3, -0.25) is 9.89 Å². The molecule has 0 saturated carbocycles. The van der Waals surface area contributed by atoms with Gasteiger partial charge < -0.3 is 4.90 Å². The third-order valence-electron chi connectivity index (χ3n) is 3.13. The van der Waals surface area contributed by atoms with E-state index in [2.05, 4.69) is 17.1 Å². The van der Waals surface area contributed by atoms with Gasteiger partial charge in [0.05, 0.1) is 6.20 Å². The van der Waals surface area contributed by atoms with Gasteiger partial charge >= 0.3 is 0 Å². The molecule has 2 aromatic rings. The number of carbonyl (C=O) groups excluding carboxylic acids is 1. The normalized spacial score (nSPS) is 10.4. The van der Waals surface area contributed by atoms with Crippen molar-refractivity contribution in [2.75, 3.05) is 13.6 Å². The van der Waals surface area contributed by atoms with Gasteiger partial charge in [0.1, 0.15) is 0 Å². The number of carbonyl (C=O) groups is 1. The molecule has 1 aromatic heterocycles. The van der Waals surface area contributed by atoms with Crippen molar-refractivity contribution < 1.29 is 4.79 Å². The third-order valence-corrected chi connectivity index (χ3v) is 3.13. The van der Waals surface area contributed by atoms with E-state index < -0.39 is 0 Å². The first-order chi connectivity index (χ1) is 9.22. The fourth-order valence-corrected chi connectivity index (χ4v) is 1.96. The van der Waals surface area contributed by atoms with Gasteiger partial charge in [0, 0.05) is 30.9 Å². The lowest BCUT2D eigenvalue weighted by atomic mass is 10.1. The van der Waals surface area contributed by atoms with Crippen LogP contribution >= 0.6 is 0 Å². The second-order valence-electron chi connectivity index (χ2n) is 4.65. The van der Waals surface area contributed by atoms with Crippen molar-refractivity contribution in [1.82, 2.24) is 15.1 Å². The quantitative estimate of drug-likeness (QED) is 0.895. The van der Waals surface area contributed by atoms with E-state index in [9.17, 15) is 4.79 Å². The molecule has 100 valence electrons. The van der Waals surface area contributed by atoms with Gasteiger partial charge in [-0.1, -0.05) is 25.5 Å². The number of aromatic nitrogens is 2. The summed E-state index contributed by atoms with van der Waals surface area (Å²) in [5, 5.41) is 6.71. The van der Waals surface area contributed by atoms with E-state index in [0.29, 0.717) is 0 Å². The molecule has 19 heavy (non-hydrogen) atoms. The summed E-state index contributed by atoms with van der Waals surface area (Å²) in [5.74, 6) is 0.0683. The second-order valence-corrected chi connectivity index (χ2v) is 4.65. The van der Waals surface area contributed by atoms with Crippen LogP contribution in [0.5, 0.6) is 0 Å². The summed E-state index contributed by atoms with van der Waals surface area (Å²) in [5.41, 5.74) is 2.71. The maximum absolute atomic E-state index is 12.3. The third kappa shape index (κ3) is 3.22. The topological polar surface area (TPSA) is 49.0 Å². The molecule has 1 amide bonds. The Morgan fingerprint density at radius 2 is 2.21 bits per heavy atom. The van der Waals surface area contributed by atoms with Gasteiger partial charge in [0.2, 0.25) is 0 Å². The van der Waals surface area contributed by atoms with Crippen LogP contribution in [0.2, 0.25) is 0 Å². The molecule has 4 heteroatoms. The van der Waals surface area contributed by atoms with Gasteiger partial charge in [-0.25, -0.2) is 0 Å². The van der Waals surface area contributed by atoms with Crippen LogP contribution in [0.1, 0.15) is 30.1 Å². The first-order valence-corrected chi connectivity index (χ1v) is 6.57. The Bertz CT molecular complexity index is 534. The van der Waals surface area contributed by atoms with E-state index in [4.69, 9.17) is 0 Å². The average molecular weight is 257 g/mol. The summed E-state index contributed by atoms with van der Waals surface area (Å²) < 4.78 is 0. The number of amides is 1. The number of rotatable bonds is 5. The van der Waals surface area contributed by atoms with Crippen molar-refractivity contribution in [2.24, 2.45) is 0 Å². The first-order valence-electron chi connectivity index (χ1n) is 6.57. The molecule has 0 radical (unpaired) electrons. The van der Waals surface area contributed by atoms with E-state index in [1.807, 2.05) is 37.5 Å². The molecule has 0 fully saturated rings.